The van der Waals surface area contributed by atoms with E-state index in [2.05, 4.69) is 97.7 Å². The van der Waals surface area contributed by atoms with Crippen molar-refractivity contribution in [2.24, 2.45) is 0 Å². The second kappa shape index (κ2) is 15.4. The lowest BCUT2D eigenvalue weighted by atomic mass is 9.77. The van der Waals surface area contributed by atoms with Crippen LogP contribution >= 0.6 is 11.6 Å². The summed E-state index contributed by atoms with van der Waals surface area (Å²) in [6.07, 6.45) is 2.86. The van der Waals surface area contributed by atoms with Crippen LogP contribution in [0.1, 0.15) is 59.1 Å². The van der Waals surface area contributed by atoms with Crippen molar-refractivity contribution >= 4 is 11.6 Å². The fraction of sp³-hybridized carbons (Fsp3) is 0.209. The van der Waals surface area contributed by atoms with Gasteiger partial charge in [-0.15, -0.1) is 15.0 Å². The van der Waals surface area contributed by atoms with E-state index in [1.807, 2.05) is 53.1 Å². The summed E-state index contributed by atoms with van der Waals surface area (Å²) < 4.78 is 7.57. The summed E-state index contributed by atoms with van der Waals surface area (Å²) in [6.45, 7) is 4.64. The largest absolute Gasteiger partial charge is 0.497 e. The highest BCUT2D eigenvalue weighted by molar-refractivity contribution is 6.30. The van der Waals surface area contributed by atoms with Crippen molar-refractivity contribution in [3.63, 3.8) is 0 Å². The number of rotatable bonds is 13. The Bertz CT molecular complexity index is 2250. The molecule has 0 aliphatic heterocycles. The van der Waals surface area contributed by atoms with Crippen LogP contribution in [-0.2, 0) is 25.1 Å². The number of tetrazole rings is 1. The zero-order chi connectivity index (χ0) is 36.1. The number of aryl methyl sites for hydroxylation is 2. The molecule has 0 radical (unpaired) electrons. The third-order valence-electron chi connectivity index (χ3n) is 9.66. The van der Waals surface area contributed by atoms with Gasteiger partial charge in [-0.05, 0) is 64.1 Å². The molecule has 1 unspecified atom stereocenters. The monoisotopic (exact) mass is 708 g/mol. The van der Waals surface area contributed by atoms with E-state index in [0.717, 1.165) is 75.3 Å². The maximum absolute atomic E-state index is 10.1. The Kier molecular flexibility index (Phi) is 10.3. The molecule has 262 valence electrons. The van der Waals surface area contributed by atoms with Crippen molar-refractivity contribution in [1.29, 1.82) is 0 Å². The lowest BCUT2D eigenvalue weighted by Gasteiger charge is -2.34. The molecule has 7 rings (SSSR count). The van der Waals surface area contributed by atoms with Crippen LogP contribution in [0.4, 0.5) is 0 Å². The SMILES string of the molecule is CCCCc1nc(Cl)c(CO)n1Cc1ccc(-c2ccccc2-c2nnn(C(c3ccccc3)(c3ccc(C)cc3)c3ccc(OC)cc3)n2)cc1. The Hall–Kier alpha value is -5.57. The molecule has 0 aliphatic carbocycles. The van der Waals surface area contributed by atoms with Gasteiger partial charge >= 0.3 is 0 Å². The first-order valence-corrected chi connectivity index (χ1v) is 17.9. The first kappa shape index (κ1) is 34.9. The smallest absolute Gasteiger partial charge is 0.205 e. The van der Waals surface area contributed by atoms with Gasteiger partial charge in [-0.1, -0.05) is 146 Å². The molecule has 0 saturated heterocycles. The normalized spacial score (nSPS) is 12.5. The lowest BCUT2D eigenvalue weighted by Crippen LogP contribution is -2.39. The molecule has 52 heavy (non-hydrogen) atoms. The van der Waals surface area contributed by atoms with E-state index in [1.165, 1.54) is 0 Å². The number of unbranched alkanes of at least 4 members (excludes halogenated alkanes) is 1. The minimum absolute atomic E-state index is 0.162. The predicted molar refractivity (Wildman–Crippen MR) is 205 cm³/mol. The average Bonchev–Trinajstić information content (AvgIpc) is 3.80. The first-order chi connectivity index (χ1) is 25.5. The Balaban J connectivity index is 1.29. The van der Waals surface area contributed by atoms with Crippen LogP contribution in [0.25, 0.3) is 22.5 Å². The molecule has 9 heteroatoms. The molecular formula is C43H41ClN6O2. The molecule has 0 spiro atoms. The zero-order valence-electron chi connectivity index (χ0n) is 29.6. The number of methoxy groups -OCH3 is 1. The highest BCUT2D eigenvalue weighted by Crippen LogP contribution is 2.41. The summed E-state index contributed by atoms with van der Waals surface area (Å²) in [5, 5.41) is 25.1. The van der Waals surface area contributed by atoms with Gasteiger partial charge in [-0.25, -0.2) is 4.98 Å². The molecule has 0 aliphatic rings. The van der Waals surface area contributed by atoms with Gasteiger partial charge in [0.05, 0.1) is 19.4 Å². The van der Waals surface area contributed by atoms with Gasteiger partial charge < -0.3 is 14.4 Å². The van der Waals surface area contributed by atoms with Gasteiger partial charge in [0.1, 0.15) is 11.6 Å². The quantitative estimate of drug-likeness (QED) is 0.120. The van der Waals surface area contributed by atoms with Crippen molar-refractivity contribution in [3.05, 3.63) is 172 Å². The maximum atomic E-state index is 10.1. The number of aromatic nitrogens is 6. The van der Waals surface area contributed by atoms with E-state index in [9.17, 15) is 5.11 Å². The number of ether oxygens (including phenoxy) is 1. The number of halogens is 1. The summed E-state index contributed by atoms with van der Waals surface area (Å²) in [5.41, 5.74) is 7.81. The topological polar surface area (TPSA) is 90.9 Å². The molecule has 5 aromatic carbocycles. The number of hydrogen-bond donors (Lipinski definition) is 1. The summed E-state index contributed by atoms with van der Waals surface area (Å²) in [6, 6.07) is 43.5. The summed E-state index contributed by atoms with van der Waals surface area (Å²) in [5.74, 6) is 2.18. The third-order valence-corrected chi connectivity index (χ3v) is 9.97. The van der Waals surface area contributed by atoms with Crippen LogP contribution in [0.2, 0.25) is 5.15 Å². The van der Waals surface area contributed by atoms with Crippen LogP contribution in [0.15, 0.2) is 127 Å². The van der Waals surface area contributed by atoms with Crippen LogP contribution in [0, 0.1) is 6.92 Å². The molecule has 8 nitrogen and oxygen atoms in total. The minimum Gasteiger partial charge on any atom is -0.497 e. The molecule has 0 saturated carbocycles. The van der Waals surface area contributed by atoms with Crippen molar-refractivity contribution in [3.8, 4) is 28.3 Å². The van der Waals surface area contributed by atoms with Gasteiger partial charge in [0.2, 0.25) is 5.82 Å². The predicted octanol–water partition coefficient (Wildman–Crippen LogP) is 8.90. The Morgan fingerprint density at radius 3 is 2.06 bits per heavy atom. The number of aliphatic hydroxyl groups excluding tert-OH is 1. The van der Waals surface area contributed by atoms with Gasteiger partial charge in [-0.2, -0.15) is 0 Å². The molecule has 1 N–H and O–H groups in total. The van der Waals surface area contributed by atoms with Crippen molar-refractivity contribution < 1.29 is 9.84 Å². The standard InChI is InChI=1S/C43H41ClN6O2/c1-4-5-15-40-45-41(44)39(29-51)49(40)28-31-18-20-32(21-19-31)37-13-9-10-14-38(37)42-46-48-50(47-42)43(33-11-7-6-8-12-33,34-22-16-30(2)17-23-34)35-24-26-36(52-3)27-25-35/h6-14,16-27,51H,4-5,15,28-29H2,1-3H3. The van der Waals surface area contributed by atoms with Crippen LogP contribution in [0.5, 0.6) is 5.75 Å². The van der Waals surface area contributed by atoms with Gasteiger partial charge in [0.25, 0.3) is 0 Å². The minimum atomic E-state index is -0.928. The molecule has 0 amide bonds. The molecule has 7 aromatic rings. The van der Waals surface area contributed by atoms with Crippen LogP contribution in [-0.4, -0.2) is 42.0 Å². The number of imidazole rings is 1. The van der Waals surface area contributed by atoms with Crippen LogP contribution in [0.3, 0.4) is 0 Å². The van der Waals surface area contributed by atoms with Gasteiger partial charge in [-0.3, -0.25) is 0 Å². The molecule has 1 atom stereocenters. The van der Waals surface area contributed by atoms with Gasteiger partial charge in [0, 0.05) is 18.5 Å². The Morgan fingerprint density at radius 2 is 1.40 bits per heavy atom. The highest BCUT2D eigenvalue weighted by atomic mass is 35.5. The lowest BCUT2D eigenvalue weighted by molar-refractivity contribution is 0.271. The van der Waals surface area contributed by atoms with Gasteiger partial charge in [0.15, 0.2) is 10.7 Å². The Labute approximate surface area is 309 Å². The number of aliphatic hydroxyl groups is 1. The van der Waals surface area contributed by atoms with E-state index in [1.54, 1.807) is 11.9 Å². The number of benzene rings is 5. The maximum Gasteiger partial charge on any atom is 0.205 e. The first-order valence-electron chi connectivity index (χ1n) is 17.6. The van der Waals surface area contributed by atoms with E-state index in [-0.39, 0.29) is 6.61 Å². The summed E-state index contributed by atoms with van der Waals surface area (Å²) in [4.78, 5) is 6.30. The molecule has 2 heterocycles. The number of hydrogen-bond acceptors (Lipinski definition) is 6. The van der Waals surface area contributed by atoms with E-state index < -0.39 is 5.54 Å². The molecule has 2 aromatic heterocycles. The fourth-order valence-corrected chi connectivity index (χ4v) is 7.15. The van der Waals surface area contributed by atoms with E-state index in [0.29, 0.717) is 23.2 Å². The highest BCUT2D eigenvalue weighted by Gasteiger charge is 2.41. The van der Waals surface area contributed by atoms with Crippen molar-refractivity contribution in [2.45, 2.75) is 51.8 Å². The molecule has 0 fully saturated rings. The second-order valence-electron chi connectivity index (χ2n) is 12.9. The van der Waals surface area contributed by atoms with Crippen molar-refractivity contribution in [1.82, 2.24) is 29.8 Å². The Morgan fingerprint density at radius 1 is 0.769 bits per heavy atom. The molecule has 0 bridgehead atoms. The fourth-order valence-electron chi connectivity index (χ4n) is 6.89. The number of nitrogens with zero attached hydrogens (tertiary/aromatic N) is 6. The average molecular weight is 709 g/mol. The zero-order valence-corrected chi connectivity index (χ0v) is 30.3. The molecular weight excluding hydrogens is 668 g/mol. The summed E-state index contributed by atoms with van der Waals surface area (Å²) in [7, 11) is 1.67. The third kappa shape index (κ3) is 6.63. The van der Waals surface area contributed by atoms with Crippen molar-refractivity contribution in [2.75, 3.05) is 7.11 Å². The van der Waals surface area contributed by atoms with E-state index >= 15 is 0 Å². The second-order valence-corrected chi connectivity index (χ2v) is 13.3. The van der Waals surface area contributed by atoms with E-state index in [4.69, 9.17) is 31.7 Å². The van der Waals surface area contributed by atoms with Crippen LogP contribution < -0.4 is 4.74 Å². The summed E-state index contributed by atoms with van der Waals surface area (Å²) >= 11 is 6.41.